The Balaban J connectivity index is 1.34. The zero-order valence-electron chi connectivity index (χ0n) is 15.6. The van der Waals surface area contributed by atoms with Crippen LogP contribution in [0.5, 0.6) is 0 Å². The number of amides is 2. The number of carbonyl (C=O) groups is 2. The van der Waals surface area contributed by atoms with Crippen LogP contribution in [-0.4, -0.2) is 96.9 Å². The highest BCUT2D eigenvalue weighted by atomic mass is 16.2. The fourth-order valence-corrected chi connectivity index (χ4v) is 4.21. The van der Waals surface area contributed by atoms with Gasteiger partial charge in [0.05, 0.1) is 6.54 Å². The molecule has 3 aliphatic heterocycles. The Morgan fingerprint density at radius 2 is 1.04 bits per heavy atom. The van der Waals surface area contributed by atoms with E-state index < -0.39 is 0 Å². The average molecular weight is 351 g/mol. The van der Waals surface area contributed by atoms with Gasteiger partial charge in [0.15, 0.2) is 0 Å². The van der Waals surface area contributed by atoms with Gasteiger partial charge in [-0.2, -0.15) is 0 Å². The van der Waals surface area contributed by atoms with E-state index in [0.717, 1.165) is 32.7 Å². The molecular formula is C19H34N4O2. The van der Waals surface area contributed by atoms with E-state index >= 15 is 0 Å². The van der Waals surface area contributed by atoms with E-state index in [2.05, 4.69) is 9.80 Å². The molecule has 142 valence electrons. The maximum absolute atomic E-state index is 12.4. The summed E-state index contributed by atoms with van der Waals surface area (Å²) in [7, 11) is 0. The summed E-state index contributed by atoms with van der Waals surface area (Å²) < 4.78 is 0. The number of rotatable bonds is 5. The number of likely N-dealkylation sites (tertiary alicyclic amines) is 2. The summed E-state index contributed by atoms with van der Waals surface area (Å²) in [6, 6.07) is 0. The van der Waals surface area contributed by atoms with Crippen molar-refractivity contribution in [3.05, 3.63) is 0 Å². The quantitative estimate of drug-likeness (QED) is 0.743. The molecule has 0 aromatic rings. The first-order chi connectivity index (χ1) is 12.2. The second kappa shape index (κ2) is 9.53. The molecule has 0 aromatic carbocycles. The van der Waals surface area contributed by atoms with E-state index in [1.54, 1.807) is 0 Å². The lowest BCUT2D eigenvalue weighted by atomic mass is 10.1. The number of nitrogens with zero attached hydrogens (tertiary/aromatic N) is 4. The number of piperazine rings is 1. The maximum Gasteiger partial charge on any atom is 0.236 e. The first kappa shape index (κ1) is 18.6. The Kier molecular flexibility index (Phi) is 7.11. The Hall–Kier alpha value is -1.14. The second-order valence-corrected chi connectivity index (χ2v) is 7.75. The van der Waals surface area contributed by atoms with Crippen LogP contribution in [-0.2, 0) is 9.59 Å². The summed E-state index contributed by atoms with van der Waals surface area (Å²) in [6.07, 6.45) is 8.22. The summed E-state index contributed by atoms with van der Waals surface area (Å²) in [6.45, 7) is 8.65. The molecule has 3 saturated heterocycles. The van der Waals surface area contributed by atoms with Gasteiger partial charge in [-0.25, -0.2) is 0 Å². The third kappa shape index (κ3) is 5.68. The van der Waals surface area contributed by atoms with Gasteiger partial charge in [0, 0.05) is 39.1 Å². The minimum atomic E-state index is 0.238. The molecule has 0 unspecified atom stereocenters. The highest BCUT2D eigenvalue weighted by molar-refractivity contribution is 5.79. The lowest BCUT2D eigenvalue weighted by Crippen LogP contribution is -2.53. The molecule has 0 N–H and O–H groups in total. The Bertz CT molecular complexity index is 437. The monoisotopic (exact) mass is 350 g/mol. The number of carbonyl (C=O) groups excluding carboxylic acids is 2. The van der Waals surface area contributed by atoms with Gasteiger partial charge in [-0.15, -0.1) is 0 Å². The molecule has 6 heteroatoms. The van der Waals surface area contributed by atoms with Crippen molar-refractivity contribution in [2.45, 2.75) is 44.9 Å². The smallest absolute Gasteiger partial charge is 0.236 e. The standard InChI is InChI=1S/C19H34N4O2/c24-18(7-12-20-8-3-1-4-9-20)22-13-15-23(16-14-22)19(25)17-21-10-5-2-6-11-21/h1-17H2. The van der Waals surface area contributed by atoms with Crippen LogP contribution in [0.15, 0.2) is 0 Å². The molecule has 6 nitrogen and oxygen atoms in total. The van der Waals surface area contributed by atoms with Crippen molar-refractivity contribution in [3.8, 4) is 0 Å². The first-order valence-electron chi connectivity index (χ1n) is 10.2. The van der Waals surface area contributed by atoms with Crippen molar-refractivity contribution in [1.29, 1.82) is 0 Å². The van der Waals surface area contributed by atoms with Gasteiger partial charge < -0.3 is 14.7 Å². The molecule has 3 fully saturated rings. The third-order valence-electron chi connectivity index (χ3n) is 5.88. The molecule has 0 atom stereocenters. The summed E-state index contributed by atoms with van der Waals surface area (Å²) in [5.74, 6) is 0.496. The van der Waals surface area contributed by atoms with Gasteiger partial charge in [0.1, 0.15) is 0 Å². The molecule has 0 saturated carbocycles. The second-order valence-electron chi connectivity index (χ2n) is 7.75. The van der Waals surface area contributed by atoms with Gasteiger partial charge in [-0.3, -0.25) is 14.5 Å². The van der Waals surface area contributed by atoms with Crippen LogP contribution in [0.25, 0.3) is 0 Å². The normalized spacial score (nSPS) is 23.7. The van der Waals surface area contributed by atoms with Crippen LogP contribution in [0.4, 0.5) is 0 Å². The third-order valence-corrected chi connectivity index (χ3v) is 5.88. The van der Waals surface area contributed by atoms with E-state index in [4.69, 9.17) is 0 Å². The summed E-state index contributed by atoms with van der Waals surface area (Å²) >= 11 is 0. The lowest BCUT2D eigenvalue weighted by Gasteiger charge is -2.36. The van der Waals surface area contributed by atoms with E-state index in [-0.39, 0.29) is 11.8 Å². The van der Waals surface area contributed by atoms with Gasteiger partial charge in [0.2, 0.25) is 11.8 Å². The van der Waals surface area contributed by atoms with Crippen LogP contribution in [0.2, 0.25) is 0 Å². The van der Waals surface area contributed by atoms with Gasteiger partial charge >= 0.3 is 0 Å². The Morgan fingerprint density at radius 1 is 0.560 bits per heavy atom. The molecule has 0 radical (unpaired) electrons. The van der Waals surface area contributed by atoms with Crippen molar-refractivity contribution in [2.75, 3.05) is 65.4 Å². The molecule has 0 bridgehead atoms. The van der Waals surface area contributed by atoms with Crippen LogP contribution in [0.3, 0.4) is 0 Å². The summed E-state index contributed by atoms with van der Waals surface area (Å²) in [5.41, 5.74) is 0. The largest absolute Gasteiger partial charge is 0.339 e. The highest BCUT2D eigenvalue weighted by Crippen LogP contribution is 2.12. The predicted molar refractivity (Wildman–Crippen MR) is 98.4 cm³/mol. The lowest BCUT2D eigenvalue weighted by molar-refractivity contribution is -0.140. The Labute approximate surface area is 152 Å². The minimum absolute atomic E-state index is 0.238. The van der Waals surface area contributed by atoms with Gasteiger partial charge in [-0.1, -0.05) is 12.8 Å². The number of hydrogen-bond acceptors (Lipinski definition) is 4. The predicted octanol–water partition coefficient (Wildman–Crippen LogP) is 1.02. The maximum atomic E-state index is 12.4. The van der Waals surface area contributed by atoms with Crippen LogP contribution < -0.4 is 0 Å². The molecule has 2 amide bonds. The van der Waals surface area contributed by atoms with Crippen molar-refractivity contribution in [3.63, 3.8) is 0 Å². The van der Waals surface area contributed by atoms with Gasteiger partial charge in [-0.05, 0) is 51.9 Å². The molecule has 0 aliphatic carbocycles. The number of hydrogen-bond donors (Lipinski definition) is 0. The summed E-state index contributed by atoms with van der Waals surface area (Å²) in [5, 5.41) is 0. The molecular weight excluding hydrogens is 316 g/mol. The SMILES string of the molecule is O=C(CCN1CCCCC1)N1CCN(C(=O)CN2CCCCC2)CC1. The zero-order chi connectivity index (χ0) is 17.5. The van der Waals surface area contributed by atoms with Crippen LogP contribution in [0, 0.1) is 0 Å². The van der Waals surface area contributed by atoms with Crippen LogP contribution in [0.1, 0.15) is 44.9 Å². The van der Waals surface area contributed by atoms with Crippen molar-refractivity contribution < 1.29 is 9.59 Å². The van der Waals surface area contributed by atoms with Crippen molar-refractivity contribution in [2.24, 2.45) is 0 Å². The summed E-state index contributed by atoms with van der Waals surface area (Å²) in [4.78, 5) is 33.5. The zero-order valence-corrected chi connectivity index (χ0v) is 15.6. The molecule has 0 aromatic heterocycles. The number of piperidine rings is 2. The molecule has 3 rings (SSSR count). The molecule has 0 spiro atoms. The van der Waals surface area contributed by atoms with Gasteiger partial charge in [0.25, 0.3) is 0 Å². The van der Waals surface area contributed by atoms with Crippen molar-refractivity contribution >= 4 is 11.8 Å². The van der Waals surface area contributed by atoms with E-state index in [1.165, 1.54) is 38.5 Å². The minimum Gasteiger partial charge on any atom is -0.339 e. The molecule has 25 heavy (non-hydrogen) atoms. The highest BCUT2D eigenvalue weighted by Gasteiger charge is 2.25. The average Bonchev–Trinajstić information content (AvgIpc) is 2.68. The van der Waals surface area contributed by atoms with E-state index in [0.29, 0.717) is 39.1 Å². The van der Waals surface area contributed by atoms with Crippen molar-refractivity contribution in [1.82, 2.24) is 19.6 Å². The fourth-order valence-electron chi connectivity index (χ4n) is 4.21. The Morgan fingerprint density at radius 3 is 1.60 bits per heavy atom. The first-order valence-corrected chi connectivity index (χ1v) is 10.2. The van der Waals surface area contributed by atoms with E-state index in [9.17, 15) is 9.59 Å². The fraction of sp³-hybridized carbons (Fsp3) is 0.895. The topological polar surface area (TPSA) is 47.1 Å². The van der Waals surface area contributed by atoms with Crippen LogP contribution >= 0.6 is 0 Å². The van der Waals surface area contributed by atoms with E-state index in [1.807, 2.05) is 9.80 Å². The molecule has 3 aliphatic rings. The molecule has 3 heterocycles.